The maximum Gasteiger partial charge on any atom is 0.337 e. The number of esters is 1. The normalized spacial score (nSPS) is 12.0. The summed E-state index contributed by atoms with van der Waals surface area (Å²) >= 11 is 5.83. The van der Waals surface area contributed by atoms with E-state index in [1.807, 2.05) is 0 Å². The molecule has 0 radical (unpaired) electrons. The molecule has 2 N–H and O–H groups in total. The molecule has 0 fully saturated rings. The minimum atomic E-state index is -0.643. The van der Waals surface area contributed by atoms with Crippen LogP contribution >= 0.6 is 11.6 Å². The number of rotatable bonds is 5. The van der Waals surface area contributed by atoms with E-state index >= 15 is 0 Å². The number of carbonyl (C=O) groups excluding carboxylic acids is 1. The van der Waals surface area contributed by atoms with E-state index in [1.54, 1.807) is 6.92 Å². The predicted octanol–water partition coefficient (Wildman–Crippen LogP) is 2.83. The van der Waals surface area contributed by atoms with Crippen LogP contribution in [0.3, 0.4) is 0 Å². The lowest BCUT2D eigenvalue weighted by molar-refractivity contribution is -0.135. The van der Waals surface area contributed by atoms with E-state index in [2.05, 4.69) is 16.3 Å². The van der Waals surface area contributed by atoms with E-state index in [1.165, 1.54) is 32.4 Å². The Morgan fingerprint density at radius 1 is 1.45 bits per heavy atom. The zero-order valence-electron chi connectivity index (χ0n) is 12.4. The molecule has 0 aliphatic rings. The fourth-order valence-electron chi connectivity index (χ4n) is 1.65. The van der Waals surface area contributed by atoms with Gasteiger partial charge >= 0.3 is 5.97 Å². The average molecular weight is 327 g/mol. The molecule has 0 spiro atoms. The Kier molecular flexibility index (Phi) is 6.12. The molecular formula is C15H16ClFN2O3. The van der Waals surface area contributed by atoms with Gasteiger partial charge in [-0.25, -0.2) is 14.2 Å². The Morgan fingerprint density at radius 2 is 2.09 bits per heavy atom. The molecule has 1 aromatic carbocycles. The average Bonchev–Trinajstić information content (AvgIpc) is 2.46. The second-order valence-electron chi connectivity index (χ2n) is 4.23. The summed E-state index contributed by atoms with van der Waals surface area (Å²) < 4.78 is 23.6. The van der Waals surface area contributed by atoms with Gasteiger partial charge in [-0.15, -0.1) is 0 Å². The molecule has 5 nitrogen and oxygen atoms in total. The smallest absolute Gasteiger partial charge is 0.337 e. The number of ether oxygens (including phenoxy) is 2. The van der Waals surface area contributed by atoms with Crippen LogP contribution in [0.25, 0.3) is 0 Å². The van der Waals surface area contributed by atoms with E-state index in [0.717, 1.165) is 0 Å². The van der Waals surface area contributed by atoms with Crippen molar-refractivity contribution in [3.05, 3.63) is 52.6 Å². The largest absolute Gasteiger partial charge is 0.492 e. The van der Waals surface area contributed by atoms with Crippen molar-refractivity contribution in [1.29, 1.82) is 0 Å². The Labute approximate surface area is 132 Å². The van der Waals surface area contributed by atoms with Gasteiger partial charge in [-0.3, -0.25) is 0 Å². The zero-order valence-corrected chi connectivity index (χ0v) is 13.2. The first kappa shape index (κ1) is 17.7. The second-order valence-corrected chi connectivity index (χ2v) is 4.63. The first-order valence-corrected chi connectivity index (χ1v) is 6.51. The number of hydrogen-bond donors (Lipinski definition) is 1. The van der Waals surface area contributed by atoms with Gasteiger partial charge in [0.05, 0.1) is 24.8 Å². The van der Waals surface area contributed by atoms with Crippen molar-refractivity contribution in [3.8, 4) is 5.75 Å². The minimum Gasteiger partial charge on any atom is -0.492 e. The lowest BCUT2D eigenvalue weighted by Gasteiger charge is -2.09. The van der Waals surface area contributed by atoms with E-state index in [9.17, 15) is 9.18 Å². The molecule has 0 unspecified atom stereocenters. The van der Waals surface area contributed by atoms with E-state index < -0.39 is 11.8 Å². The van der Waals surface area contributed by atoms with E-state index in [4.69, 9.17) is 22.1 Å². The molecule has 7 heteroatoms. The van der Waals surface area contributed by atoms with Crippen molar-refractivity contribution >= 4 is 23.3 Å². The Bertz CT molecular complexity index is 669. The third-order valence-electron chi connectivity index (χ3n) is 2.71. The highest BCUT2D eigenvalue weighted by atomic mass is 35.5. The summed E-state index contributed by atoms with van der Waals surface area (Å²) in [6.45, 7) is 5.05. The van der Waals surface area contributed by atoms with Gasteiger partial charge in [0, 0.05) is 11.3 Å². The van der Waals surface area contributed by atoms with Crippen LogP contribution in [0.4, 0.5) is 4.39 Å². The van der Waals surface area contributed by atoms with Crippen molar-refractivity contribution in [2.24, 2.45) is 10.7 Å². The lowest BCUT2D eigenvalue weighted by Crippen LogP contribution is -2.07. The summed E-state index contributed by atoms with van der Waals surface area (Å²) in [5, 5.41) is 0.152. The molecule has 1 rings (SSSR count). The van der Waals surface area contributed by atoms with Crippen molar-refractivity contribution < 1.29 is 18.7 Å². The first-order chi connectivity index (χ1) is 10.3. The summed E-state index contributed by atoms with van der Waals surface area (Å²) in [6.07, 6.45) is 1.24. The number of nitrogens with zero attached hydrogens (tertiary/aromatic N) is 1. The second kappa shape index (κ2) is 7.61. The number of aliphatic imine (C=N–C) groups is 1. The van der Waals surface area contributed by atoms with Crippen LogP contribution in [-0.2, 0) is 9.53 Å². The zero-order chi connectivity index (χ0) is 16.9. The SMILES string of the molecule is C=C(/C=C(/N)N=C(C)c1ccc(Cl)c(OC)c1F)C(=O)OC. The van der Waals surface area contributed by atoms with Crippen LogP contribution in [0.15, 0.2) is 41.2 Å². The van der Waals surface area contributed by atoms with Crippen molar-refractivity contribution in [3.63, 3.8) is 0 Å². The maximum atomic E-state index is 14.2. The Hall–Kier alpha value is -2.34. The molecule has 118 valence electrons. The van der Waals surface area contributed by atoms with Gasteiger partial charge in [-0.1, -0.05) is 18.2 Å². The highest BCUT2D eigenvalue weighted by Crippen LogP contribution is 2.30. The Morgan fingerprint density at radius 3 is 2.64 bits per heavy atom. The lowest BCUT2D eigenvalue weighted by atomic mass is 10.1. The standard InChI is InChI=1S/C15H16ClFN2O3/c1-8(15(20)22-4)7-12(18)19-9(2)10-5-6-11(16)14(21-3)13(10)17/h5-7H,1,18H2,2-4H3/b12-7-,19-9?. The molecule has 0 heterocycles. The van der Waals surface area contributed by atoms with Crippen LogP contribution in [0.5, 0.6) is 5.75 Å². The van der Waals surface area contributed by atoms with Crippen molar-refractivity contribution in [2.75, 3.05) is 14.2 Å². The van der Waals surface area contributed by atoms with E-state index in [-0.39, 0.29) is 27.7 Å². The molecule has 1 aromatic rings. The van der Waals surface area contributed by atoms with Gasteiger partial charge in [-0.05, 0) is 25.1 Å². The van der Waals surface area contributed by atoms with Crippen molar-refractivity contribution in [2.45, 2.75) is 6.92 Å². The van der Waals surface area contributed by atoms with Crippen LogP contribution in [0.1, 0.15) is 12.5 Å². The first-order valence-electron chi connectivity index (χ1n) is 6.13. The van der Waals surface area contributed by atoms with Gasteiger partial charge < -0.3 is 15.2 Å². The van der Waals surface area contributed by atoms with Gasteiger partial charge in [0.2, 0.25) is 0 Å². The van der Waals surface area contributed by atoms with Crippen LogP contribution < -0.4 is 10.5 Å². The molecule has 0 aliphatic heterocycles. The molecule has 0 aromatic heterocycles. The molecule has 0 saturated carbocycles. The van der Waals surface area contributed by atoms with Gasteiger partial charge in [0.25, 0.3) is 0 Å². The summed E-state index contributed by atoms with van der Waals surface area (Å²) in [5.41, 5.74) is 6.19. The maximum absolute atomic E-state index is 14.2. The quantitative estimate of drug-likeness (QED) is 0.391. The Balaban J connectivity index is 3.15. The number of carbonyl (C=O) groups is 1. The molecule has 22 heavy (non-hydrogen) atoms. The molecule has 0 aliphatic carbocycles. The van der Waals surface area contributed by atoms with Gasteiger partial charge in [-0.2, -0.15) is 0 Å². The van der Waals surface area contributed by atoms with Crippen molar-refractivity contribution in [1.82, 2.24) is 0 Å². The number of hydrogen-bond acceptors (Lipinski definition) is 5. The third-order valence-corrected chi connectivity index (χ3v) is 3.01. The summed E-state index contributed by atoms with van der Waals surface area (Å²) in [6, 6.07) is 2.95. The van der Waals surface area contributed by atoms with Crippen LogP contribution in [0.2, 0.25) is 5.02 Å². The van der Waals surface area contributed by atoms with E-state index in [0.29, 0.717) is 5.71 Å². The molecule has 0 bridgehead atoms. The number of halogens is 2. The third kappa shape index (κ3) is 4.08. The molecule has 0 amide bonds. The number of benzene rings is 1. The molecule has 0 saturated heterocycles. The highest BCUT2D eigenvalue weighted by molar-refractivity contribution is 6.32. The number of nitrogens with two attached hydrogens (primary N) is 1. The summed E-state index contributed by atoms with van der Waals surface area (Å²) in [4.78, 5) is 15.2. The fraction of sp³-hybridized carbons (Fsp3) is 0.200. The topological polar surface area (TPSA) is 73.9 Å². The van der Waals surface area contributed by atoms with Gasteiger partial charge in [0.15, 0.2) is 11.6 Å². The van der Waals surface area contributed by atoms with Crippen LogP contribution in [-0.4, -0.2) is 25.9 Å². The van der Waals surface area contributed by atoms with Gasteiger partial charge in [0.1, 0.15) is 5.82 Å². The summed E-state index contributed by atoms with van der Waals surface area (Å²) in [5.74, 6) is -1.36. The predicted molar refractivity (Wildman–Crippen MR) is 83.6 cm³/mol. The monoisotopic (exact) mass is 326 g/mol. The molecular weight excluding hydrogens is 311 g/mol. The van der Waals surface area contributed by atoms with Crippen LogP contribution in [0, 0.1) is 5.82 Å². The minimum absolute atomic E-state index is 0.0128. The number of methoxy groups -OCH3 is 2. The fourth-order valence-corrected chi connectivity index (χ4v) is 1.88. The highest BCUT2D eigenvalue weighted by Gasteiger charge is 2.15. The summed E-state index contributed by atoms with van der Waals surface area (Å²) in [7, 11) is 2.54. The molecule has 0 atom stereocenters.